The number of fused-ring (bicyclic) bond motifs is 1. The molecule has 0 aliphatic rings. The Hall–Kier alpha value is -1.33. The Balaban J connectivity index is 2.33. The van der Waals surface area contributed by atoms with Gasteiger partial charge in [-0.2, -0.15) is 15.0 Å². The van der Waals surface area contributed by atoms with E-state index in [0.717, 1.165) is 0 Å². The minimum Gasteiger partial charge on any atom is -0.481 e. The number of aliphatic carboxylic acids is 1. The second kappa shape index (κ2) is 4.27. The van der Waals surface area contributed by atoms with Crippen molar-refractivity contribution in [1.29, 1.82) is 0 Å². The summed E-state index contributed by atoms with van der Waals surface area (Å²) in [5.41, 5.74) is 1.19. The number of rotatable bonds is 3. The molecule has 2 aromatic rings. The molecule has 1 heterocycles. The third-order valence-corrected chi connectivity index (χ3v) is 2.71. The highest BCUT2D eigenvalue weighted by atomic mass is 35.5. The van der Waals surface area contributed by atoms with Crippen molar-refractivity contribution in [2.24, 2.45) is 0 Å². The van der Waals surface area contributed by atoms with Crippen LogP contribution >= 0.6 is 23.2 Å². The lowest BCUT2D eigenvalue weighted by atomic mass is 10.3. The average molecular weight is 260 g/mol. The van der Waals surface area contributed by atoms with Crippen molar-refractivity contribution in [3.05, 3.63) is 22.2 Å². The first kappa shape index (κ1) is 11.2. The second-order valence-corrected chi connectivity index (χ2v) is 4.01. The summed E-state index contributed by atoms with van der Waals surface area (Å²) < 4.78 is 0. The Bertz CT molecular complexity index is 514. The van der Waals surface area contributed by atoms with E-state index in [2.05, 4.69) is 10.2 Å². The zero-order valence-electron chi connectivity index (χ0n) is 8.02. The van der Waals surface area contributed by atoms with Gasteiger partial charge in [-0.05, 0) is 12.1 Å². The van der Waals surface area contributed by atoms with Crippen LogP contribution in [0.1, 0.15) is 6.42 Å². The van der Waals surface area contributed by atoms with E-state index in [1.165, 1.54) is 4.80 Å². The molecule has 7 heteroatoms. The van der Waals surface area contributed by atoms with E-state index in [4.69, 9.17) is 28.3 Å². The molecule has 0 radical (unpaired) electrons. The molecule has 1 aromatic carbocycles. The molecule has 0 aliphatic heterocycles. The van der Waals surface area contributed by atoms with Crippen LogP contribution in [0, 0.1) is 0 Å². The lowest BCUT2D eigenvalue weighted by molar-refractivity contribution is -0.137. The summed E-state index contributed by atoms with van der Waals surface area (Å²) in [6.45, 7) is 0.221. The standard InChI is InChI=1S/C9H7Cl2N3O2/c10-5-3-7-8(4-6(5)11)13-14(12-7)2-1-9(15)16/h3-4H,1-2H2,(H,15,16). The summed E-state index contributed by atoms with van der Waals surface area (Å²) >= 11 is 11.6. The molecule has 0 fully saturated rings. The van der Waals surface area contributed by atoms with Gasteiger partial charge in [0.1, 0.15) is 11.0 Å². The number of halogens is 2. The van der Waals surface area contributed by atoms with E-state index in [-0.39, 0.29) is 13.0 Å². The topological polar surface area (TPSA) is 68.0 Å². The van der Waals surface area contributed by atoms with E-state index in [1.54, 1.807) is 12.1 Å². The summed E-state index contributed by atoms with van der Waals surface area (Å²) in [5, 5.41) is 17.5. The molecule has 0 saturated heterocycles. The van der Waals surface area contributed by atoms with Crippen LogP contribution in [0.15, 0.2) is 12.1 Å². The highest BCUT2D eigenvalue weighted by molar-refractivity contribution is 6.42. The fraction of sp³-hybridized carbons (Fsp3) is 0.222. The van der Waals surface area contributed by atoms with Gasteiger partial charge in [0.2, 0.25) is 0 Å². The minimum atomic E-state index is -0.891. The Labute approximate surface area is 101 Å². The summed E-state index contributed by atoms with van der Waals surface area (Å²) in [5.74, 6) is -0.891. The fourth-order valence-electron chi connectivity index (χ4n) is 1.25. The van der Waals surface area contributed by atoms with Crippen LogP contribution in [0.5, 0.6) is 0 Å². The van der Waals surface area contributed by atoms with Crippen LogP contribution in [0.4, 0.5) is 0 Å². The van der Waals surface area contributed by atoms with Crippen LogP contribution in [-0.4, -0.2) is 26.1 Å². The predicted octanol–water partition coefficient (Wildman–Crippen LogP) is 2.21. The van der Waals surface area contributed by atoms with Gasteiger partial charge in [0.15, 0.2) is 0 Å². The smallest absolute Gasteiger partial charge is 0.305 e. The van der Waals surface area contributed by atoms with Crippen molar-refractivity contribution in [1.82, 2.24) is 15.0 Å². The number of aromatic nitrogens is 3. The number of benzene rings is 1. The molecular formula is C9H7Cl2N3O2. The first-order valence-electron chi connectivity index (χ1n) is 4.48. The van der Waals surface area contributed by atoms with Crippen molar-refractivity contribution in [3.63, 3.8) is 0 Å². The molecule has 0 aliphatic carbocycles. The Kier molecular flexibility index (Phi) is 2.98. The van der Waals surface area contributed by atoms with Gasteiger partial charge < -0.3 is 5.11 Å². The van der Waals surface area contributed by atoms with Crippen LogP contribution in [0.3, 0.4) is 0 Å². The van der Waals surface area contributed by atoms with Crippen LogP contribution < -0.4 is 0 Å². The summed E-state index contributed by atoms with van der Waals surface area (Å²) in [6.07, 6.45) is -0.0253. The molecule has 2 rings (SSSR count). The normalized spacial score (nSPS) is 10.9. The zero-order valence-corrected chi connectivity index (χ0v) is 9.53. The molecule has 84 valence electrons. The quantitative estimate of drug-likeness (QED) is 0.918. The summed E-state index contributed by atoms with van der Waals surface area (Å²) in [6, 6.07) is 3.20. The van der Waals surface area contributed by atoms with Crippen LogP contribution in [0.25, 0.3) is 11.0 Å². The highest BCUT2D eigenvalue weighted by Gasteiger charge is 2.07. The van der Waals surface area contributed by atoms with Crippen molar-refractivity contribution in [2.45, 2.75) is 13.0 Å². The SMILES string of the molecule is O=C(O)CCn1nc2cc(Cl)c(Cl)cc2n1. The van der Waals surface area contributed by atoms with Gasteiger partial charge in [-0.25, -0.2) is 0 Å². The molecule has 0 atom stereocenters. The van der Waals surface area contributed by atoms with E-state index < -0.39 is 5.97 Å². The Morgan fingerprint density at radius 2 is 1.75 bits per heavy atom. The number of hydrogen-bond acceptors (Lipinski definition) is 3. The second-order valence-electron chi connectivity index (χ2n) is 3.19. The van der Waals surface area contributed by atoms with Gasteiger partial charge in [0.25, 0.3) is 0 Å². The van der Waals surface area contributed by atoms with Crippen LogP contribution in [-0.2, 0) is 11.3 Å². The number of hydrogen-bond donors (Lipinski definition) is 1. The molecule has 1 aromatic heterocycles. The lowest BCUT2D eigenvalue weighted by Crippen LogP contribution is -2.07. The maximum atomic E-state index is 10.4. The average Bonchev–Trinajstić information content (AvgIpc) is 2.58. The van der Waals surface area contributed by atoms with Crippen molar-refractivity contribution >= 4 is 40.2 Å². The molecule has 0 bridgehead atoms. The van der Waals surface area contributed by atoms with Gasteiger partial charge >= 0.3 is 5.97 Å². The van der Waals surface area contributed by atoms with E-state index in [0.29, 0.717) is 21.1 Å². The Morgan fingerprint density at radius 1 is 1.25 bits per heavy atom. The van der Waals surface area contributed by atoms with Gasteiger partial charge in [-0.15, -0.1) is 0 Å². The lowest BCUT2D eigenvalue weighted by Gasteiger charge is -1.93. The first-order valence-corrected chi connectivity index (χ1v) is 5.23. The molecule has 1 N–H and O–H groups in total. The Morgan fingerprint density at radius 3 is 2.19 bits per heavy atom. The maximum absolute atomic E-state index is 10.4. The van der Waals surface area contributed by atoms with Gasteiger partial charge in [0, 0.05) is 0 Å². The third-order valence-electron chi connectivity index (χ3n) is 1.99. The molecule has 0 amide bonds. The highest BCUT2D eigenvalue weighted by Crippen LogP contribution is 2.25. The monoisotopic (exact) mass is 259 g/mol. The number of carboxylic acids is 1. The fourth-order valence-corrected chi connectivity index (χ4v) is 1.57. The number of carbonyl (C=O) groups is 1. The predicted molar refractivity (Wildman–Crippen MR) is 59.8 cm³/mol. The largest absolute Gasteiger partial charge is 0.481 e. The number of carboxylic acid groups (broad SMARTS) is 1. The first-order chi connectivity index (χ1) is 7.56. The van der Waals surface area contributed by atoms with Crippen molar-refractivity contribution < 1.29 is 9.90 Å². The molecule has 16 heavy (non-hydrogen) atoms. The van der Waals surface area contributed by atoms with E-state index >= 15 is 0 Å². The molecular weight excluding hydrogens is 253 g/mol. The molecule has 0 unspecified atom stereocenters. The van der Waals surface area contributed by atoms with Gasteiger partial charge in [-0.3, -0.25) is 4.79 Å². The third kappa shape index (κ3) is 2.25. The van der Waals surface area contributed by atoms with E-state index in [1.807, 2.05) is 0 Å². The van der Waals surface area contributed by atoms with Gasteiger partial charge in [-0.1, -0.05) is 23.2 Å². The molecule has 5 nitrogen and oxygen atoms in total. The van der Waals surface area contributed by atoms with E-state index in [9.17, 15) is 4.79 Å². The minimum absolute atomic E-state index is 0.0253. The maximum Gasteiger partial charge on any atom is 0.305 e. The molecule has 0 saturated carbocycles. The summed E-state index contributed by atoms with van der Waals surface area (Å²) in [7, 11) is 0. The van der Waals surface area contributed by atoms with Gasteiger partial charge in [0.05, 0.1) is 23.0 Å². The summed E-state index contributed by atoms with van der Waals surface area (Å²) in [4.78, 5) is 11.7. The number of aryl methyl sites for hydroxylation is 1. The number of nitrogens with zero attached hydrogens (tertiary/aromatic N) is 3. The zero-order chi connectivity index (χ0) is 11.7. The van der Waals surface area contributed by atoms with Crippen molar-refractivity contribution in [3.8, 4) is 0 Å². The molecule has 0 spiro atoms. The van der Waals surface area contributed by atoms with Crippen LogP contribution in [0.2, 0.25) is 10.0 Å². The van der Waals surface area contributed by atoms with Crippen molar-refractivity contribution in [2.75, 3.05) is 0 Å².